The van der Waals surface area contributed by atoms with Crippen LogP contribution in [-0.4, -0.2) is 23.9 Å². The van der Waals surface area contributed by atoms with Gasteiger partial charge in [-0.25, -0.2) is 0 Å². The Bertz CT molecular complexity index is 467. The first-order valence-electron chi connectivity index (χ1n) is 7.25. The molecule has 1 aromatic rings. The van der Waals surface area contributed by atoms with Crippen LogP contribution in [0.5, 0.6) is 0 Å². The second-order valence-electron chi connectivity index (χ2n) is 5.98. The van der Waals surface area contributed by atoms with Crippen molar-refractivity contribution < 1.29 is 0 Å². The van der Waals surface area contributed by atoms with Gasteiger partial charge in [0.05, 0.1) is 5.69 Å². The normalized spacial score (nSPS) is 21.8. The molecular formula is C15H22N4. The van der Waals surface area contributed by atoms with E-state index in [0.29, 0.717) is 11.1 Å². The summed E-state index contributed by atoms with van der Waals surface area (Å²) < 4.78 is 0. The fourth-order valence-electron chi connectivity index (χ4n) is 3.71. The highest BCUT2D eigenvalue weighted by Crippen LogP contribution is 2.46. The summed E-state index contributed by atoms with van der Waals surface area (Å²) in [5.41, 5.74) is 7.91. The lowest BCUT2D eigenvalue weighted by atomic mass is 9.77. The molecule has 1 aliphatic carbocycles. The van der Waals surface area contributed by atoms with E-state index in [1.165, 1.54) is 38.5 Å². The number of anilines is 1. The van der Waals surface area contributed by atoms with Crippen LogP contribution in [0.2, 0.25) is 0 Å². The van der Waals surface area contributed by atoms with Gasteiger partial charge >= 0.3 is 0 Å². The van der Waals surface area contributed by atoms with Crippen molar-refractivity contribution in [2.45, 2.75) is 38.5 Å². The fraction of sp³-hybridized carbons (Fsp3) is 0.600. The number of hydrogen-bond donors (Lipinski definition) is 2. The molecule has 0 radical (unpaired) electrons. The van der Waals surface area contributed by atoms with Gasteiger partial charge in [0.25, 0.3) is 0 Å². The average molecular weight is 258 g/mol. The summed E-state index contributed by atoms with van der Waals surface area (Å²) in [4.78, 5) is 6.61. The zero-order chi connectivity index (χ0) is 13.3. The molecule has 4 heteroatoms. The van der Waals surface area contributed by atoms with Gasteiger partial charge < -0.3 is 10.6 Å². The molecule has 0 aromatic carbocycles. The van der Waals surface area contributed by atoms with Gasteiger partial charge in [-0.2, -0.15) is 0 Å². The Morgan fingerprint density at radius 2 is 1.89 bits per heavy atom. The molecule has 0 atom stereocenters. The topological polar surface area (TPSA) is 66.0 Å². The van der Waals surface area contributed by atoms with Crippen LogP contribution in [0.4, 0.5) is 5.69 Å². The van der Waals surface area contributed by atoms with Crippen molar-refractivity contribution in [3.05, 3.63) is 24.0 Å². The van der Waals surface area contributed by atoms with E-state index in [2.05, 4.69) is 9.88 Å². The Morgan fingerprint density at radius 3 is 2.53 bits per heavy atom. The zero-order valence-corrected chi connectivity index (χ0v) is 11.4. The van der Waals surface area contributed by atoms with Gasteiger partial charge in [0.15, 0.2) is 0 Å². The summed E-state index contributed by atoms with van der Waals surface area (Å²) in [7, 11) is 0. The summed E-state index contributed by atoms with van der Waals surface area (Å²) >= 11 is 0. The van der Waals surface area contributed by atoms with E-state index in [1.807, 2.05) is 12.1 Å². The summed E-state index contributed by atoms with van der Waals surface area (Å²) in [6.07, 6.45) is 9.90. The lowest BCUT2D eigenvalue weighted by Gasteiger charge is -2.40. The molecule has 0 amide bonds. The number of amidine groups is 1. The Morgan fingerprint density at radius 1 is 1.21 bits per heavy atom. The number of nitrogen functional groups attached to an aromatic ring is 1. The van der Waals surface area contributed by atoms with Gasteiger partial charge in [-0.1, -0.05) is 12.8 Å². The standard InChI is InChI=1S/C15H22N4/c16-14(17)13-12(4-3-9-18-13)19-10-7-15(8-11-19)5-1-2-6-15/h3-4,9H,1-2,5-8,10-11H2,(H3,16,17). The Hall–Kier alpha value is -1.58. The van der Waals surface area contributed by atoms with E-state index >= 15 is 0 Å². The third-order valence-electron chi connectivity index (χ3n) is 4.87. The number of nitrogens with two attached hydrogens (primary N) is 1. The van der Waals surface area contributed by atoms with Crippen LogP contribution < -0.4 is 10.6 Å². The van der Waals surface area contributed by atoms with Crippen molar-refractivity contribution in [1.82, 2.24) is 4.98 Å². The number of hydrogen-bond acceptors (Lipinski definition) is 3. The summed E-state index contributed by atoms with van der Waals surface area (Å²) in [6.45, 7) is 2.15. The van der Waals surface area contributed by atoms with Gasteiger partial charge in [-0.3, -0.25) is 10.4 Å². The van der Waals surface area contributed by atoms with Crippen molar-refractivity contribution in [1.29, 1.82) is 5.41 Å². The number of nitrogens with one attached hydrogen (secondary N) is 1. The molecular weight excluding hydrogens is 236 g/mol. The van der Waals surface area contributed by atoms with Crippen molar-refractivity contribution in [2.75, 3.05) is 18.0 Å². The maximum Gasteiger partial charge on any atom is 0.143 e. The van der Waals surface area contributed by atoms with Crippen LogP contribution >= 0.6 is 0 Å². The first kappa shape index (κ1) is 12.5. The minimum absolute atomic E-state index is 0.0664. The predicted octanol–water partition coefficient (Wildman–Crippen LogP) is 2.53. The SMILES string of the molecule is N=C(N)c1ncccc1N1CCC2(CCCC2)CC1. The predicted molar refractivity (Wildman–Crippen MR) is 77.6 cm³/mol. The first-order chi connectivity index (χ1) is 9.20. The molecule has 3 rings (SSSR count). The van der Waals surface area contributed by atoms with E-state index in [-0.39, 0.29) is 5.84 Å². The molecule has 1 spiro atoms. The molecule has 4 nitrogen and oxygen atoms in total. The Kier molecular flexibility index (Phi) is 3.17. The highest BCUT2D eigenvalue weighted by Gasteiger charge is 2.37. The largest absolute Gasteiger partial charge is 0.382 e. The van der Waals surface area contributed by atoms with E-state index in [9.17, 15) is 0 Å². The second-order valence-corrected chi connectivity index (χ2v) is 5.98. The molecule has 2 aliphatic rings. The molecule has 3 N–H and O–H groups in total. The molecule has 1 aromatic heterocycles. The van der Waals surface area contributed by atoms with E-state index < -0.39 is 0 Å². The molecule has 0 unspecified atom stereocenters. The van der Waals surface area contributed by atoms with Gasteiger partial charge in [0, 0.05) is 19.3 Å². The third-order valence-corrected chi connectivity index (χ3v) is 4.87. The fourth-order valence-corrected chi connectivity index (χ4v) is 3.71. The van der Waals surface area contributed by atoms with Crippen LogP contribution in [0, 0.1) is 10.8 Å². The van der Waals surface area contributed by atoms with Crippen molar-refractivity contribution in [2.24, 2.45) is 11.1 Å². The monoisotopic (exact) mass is 258 g/mol. The molecule has 1 saturated carbocycles. The highest BCUT2D eigenvalue weighted by atomic mass is 15.1. The molecule has 2 fully saturated rings. The maximum absolute atomic E-state index is 7.64. The van der Waals surface area contributed by atoms with Crippen LogP contribution in [0.15, 0.2) is 18.3 Å². The number of aromatic nitrogens is 1. The van der Waals surface area contributed by atoms with Gasteiger partial charge in [-0.05, 0) is 43.2 Å². The zero-order valence-electron chi connectivity index (χ0n) is 11.4. The Labute approximate surface area is 114 Å². The van der Waals surface area contributed by atoms with Crippen LogP contribution in [0.25, 0.3) is 0 Å². The van der Waals surface area contributed by atoms with Crippen LogP contribution in [0.1, 0.15) is 44.2 Å². The van der Waals surface area contributed by atoms with Gasteiger partial charge in [0.2, 0.25) is 0 Å². The van der Waals surface area contributed by atoms with Crippen LogP contribution in [-0.2, 0) is 0 Å². The van der Waals surface area contributed by atoms with E-state index in [1.54, 1.807) is 6.20 Å². The second kappa shape index (κ2) is 4.83. The van der Waals surface area contributed by atoms with Crippen LogP contribution in [0.3, 0.4) is 0 Å². The first-order valence-corrected chi connectivity index (χ1v) is 7.25. The quantitative estimate of drug-likeness (QED) is 0.633. The highest BCUT2D eigenvalue weighted by molar-refractivity contribution is 5.98. The molecule has 19 heavy (non-hydrogen) atoms. The number of rotatable bonds is 2. The number of nitrogens with zero attached hydrogens (tertiary/aromatic N) is 2. The minimum Gasteiger partial charge on any atom is -0.382 e. The smallest absolute Gasteiger partial charge is 0.143 e. The summed E-state index contributed by atoms with van der Waals surface area (Å²) in [5, 5.41) is 7.64. The average Bonchev–Trinajstić information content (AvgIpc) is 2.88. The summed E-state index contributed by atoms with van der Waals surface area (Å²) in [5.74, 6) is 0.0664. The maximum atomic E-state index is 7.64. The molecule has 1 aliphatic heterocycles. The molecule has 2 heterocycles. The number of piperidine rings is 1. The Balaban J connectivity index is 1.76. The van der Waals surface area contributed by atoms with E-state index in [0.717, 1.165) is 18.8 Å². The molecule has 102 valence electrons. The lowest BCUT2D eigenvalue weighted by Crippen LogP contribution is -2.39. The lowest BCUT2D eigenvalue weighted by molar-refractivity contribution is 0.226. The van der Waals surface area contributed by atoms with E-state index in [4.69, 9.17) is 11.1 Å². The minimum atomic E-state index is 0.0664. The van der Waals surface area contributed by atoms with Gasteiger partial charge in [-0.15, -0.1) is 0 Å². The number of pyridine rings is 1. The van der Waals surface area contributed by atoms with Crippen molar-refractivity contribution in [3.63, 3.8) is 0 Å². The molecule has 0 bridgehead atoms. The van der Waals surface area contributed by atoms with Gasteiger partial charge in [0.1, 0.15) is 11.5 Å². The van der Waals surface area contributed by atoms with Crippen molar-refractivity contribution in [3.8, 4) is 0 Å². The third kappa shape index (κ3) is 2.31. The van der Waals surface area contributed by atoms with Crippen molar-refractivity contribution >= 4 is 11.5 Å². The molecule has 1 saturated heterocycles. The summed E-state index contributed by atoms with van der Waals surface area (Å²) in [6, 6.07) is 3.97.